The standard InChI is InChI=1S/C12H11ClN4OS/c1-3-19-12-16-15-11(18-12)10-7(2)14-9-5-4-8(13)6-17(9)10/h4-6H,3H2,1-2H3. The molecule has 0 aliphatic rings. The number of halogens is 1. The molecule has 0 aromatic carbocycles. The molecule has 0 saturated heterocycles. The molecule has 3 heterocycles. The van der Waals surface area contributed by atoms with Crippen molar-refractivity contribution in [2.24, 2.45) is 0 Å². The Morgan fingerprint density at radius 3 is 3.00 bits per heavy atom. The second-order valence-corrected chi connectivity index (χ2v) is 5.58. The monoisotopic (exact) mass is 294 g/mol. The maximum Gasteiger partial charge on any atom is 0.276 e. The molecule has 3 aromatic rings. The normalized spacial score (nSPS) is 11.3. The molecule has 0 aliphatic heterocycles. The Kier molecular flexibility index (Phi) is 3.20. The molecule has 0 atom stereocenters. The Morgan fingerprint density at radius 1 is 1.37 bits per heavy atom. The van der Waals surface area contributed by atoms with E-state index in [0.29, 0.717) is 16.1 Å². The number of hydrogen-bond donors (Lipinski definition) is 0. The van der Waals surface area contributed by atoms with Crippen LogP contribution in [0.5, 0.6) is 0 Å². The summed E-state index contributed by atoms with van der Waals surface area (Å²) in [6.45, 7) is 3.95. The van der Waals surface area contributed by atoms with Crippen LogP contribution in [0.3, 0.4) is 0 Å². The van der Waals surface area contributed by atoms with Gasteiger partial charge in [-0.3, -0.25) is 4.40 Å². The molecule has 98 valence electrons. The highest BCUT2D eigenvalue weighted by molar-refractivity contribution is 7.99. The Morgan fingerprint density at radius 2 is 2.21 bits per heavy atom. The first kappa shape index (κ1) is 12.5. The molecular formula is C12H11ClN4OS. The lowest BCUT2D eigenvalue weighted by molar-refractivity contribution is 0.464. The molecule has 0 spiro atoms. The maximum absolute atomic E-state index is 6.02. The molecule has 0 amide bonds. The summed E-state index contributed by atoms with van der Waals surface area (Å²) in [6, 6.07) is 3.66. The minimum atomic E-state index is 0.461. The minimum absolute atomic E-state index is 0.461. The van der Waals surface area contributed by atoms with Gasteiger partial charge in [0.05, 0.1) is 10.7 Å². The van der Waals surface area contributed by atoms with E-state index in [1.165, 1.54) is 11.8 Å². The lowest BCUT2D eigenvalue weighted by atomic mass is 10.3. The Bertz CT molecular complexity index is 736. The molecule has 0 aliphatic carbocycles. The Labute approximate surface area is 119 Å². The summed E-state index contributed by atoms with van der Waals surface area (Å²) >= 11 is 7.53. The van der Waals surface area contributed by atoms with Crippen LogP contribution in [0.25, 0.3) is 17.2 Å². The average Bonchev–Trinajstić information content (AvgIpc) is 2.93. The lowest BCUT2D eigenvalue weighted by Crippen LogP contribution is -1.89. The summed E-state index contributed by atoms with van der Waals surface area (Å²) in [7, 11) is 0. The summed E-state index contributed by atoms with van der Waals surface area (Å²) in [5.41, 5.74) is 2.42. The molecule has 0 unspecified atom stereocenters. The van der Waals surface area contributed by atoms with Gasteiger partial charge in [-0.15, -0.1) is 10.2 Å². The largest absolute Gasteiger partial charge is 0.410 e. The molecule has 3 rings (SSSR count). The first-order valence-corrected chi connectivity index (χ1v) is 7.16. The zero-order valence-electron chi connectivity index (χ0n) is 10.4. The number of nitrogens with zero attached hydrogens (tertiary/aromatic N) is 4. The first-order chi connectivity index (χ1) is 9.19. The van der Waals surface area contributed by atoms with E-state index in [0.717, 1.165) is 22.8 Å². The van der Waals surface area contributed by atoms with E-state index in [1.807, 2.05) is 24.3 Å². The smallest absolute Gasteiger partial charge is 0.276 e. The quantitative estimate of drug-likeness (QED) is 0.692. The van der Waals surface area contributed by atoms with Crippen molar-refractivity contribution in [1.29, 1.82) is 0 Å². The molecule has 19 heavy (non-hydrogen) atoms. The van der Waals surface area contributed by atoms with Gasteiger partial charge in [0.2, 0.25) is 0 Å². The van der Waals surface area contributed by atoms with E-state index < -0.39 is 0 Å². The number of pyridine rings is 1. The minimum Gasteiger partial charge on any atom is -0.410 e. The number of fused-ring (bicyclic) bond motifs is 1. The van der Waals surface area contributed by atoms with Gasteiger partial charge in [0.1, 0.15) is 11.3 Å². The van der Waals surface area contributed by atoms with Crippen LogP contribution in [0, 0.1) is 6.92 Å². The SMILES string of the molecule is CCSc1nnc(-c2c(C)nc3ccc(Cl)cn23)o1. The third-order valence-corrected chi connectivity index (χ3v) is 3.56. The van der Waals surface area contributed by atoms with Gasteiger partial charge in [0.15, 0.2) is 0 Å². The summed E-state index contributed by atoms with van der Waals surface area (Å²) < 4.78 is 7.50. The van der Waals surface area contributed by atoms with E-state index in [2.05, 4.69) is 15.2 Å². The van der Waals surface area contributed by atoms with Crippen molar-refractivity contribution < 1.29 is 4.42 Å². The number of imidazole rings is 1. The molecule has 7 heteroatoms. The molecule has 0 radical (unpaired) electrons. The summed E-state index contributed by atoms with van der Waals surface area (Å²) in [5, 5.41) is 9.28. The van der Waals surface area contributed by atoms with Gasteiger partial charge in [-0.25, -0.2) is 4.98 Å². The predicted molar refractivity (Wildman–Crippen MR) is 74.6 cm³/mol. The highest BCUT2D eigenvalue weighted by Gasteiger charge is 2.17. The fraction of sp³-hybridized carbons (Fsp3) is 0.250. The van der Waals surface area contributed by atoms with Gasteiger partial charge in [-0.1, -0.05) is 30.3 Å². The van der Waals surface area contributed by atoms with E-state index in [1.54, 1.807) is 12.3 Å². The summed E-state index contributed by atoms with van der Waals surface area (Å²) in [4.78, 5) is 4.46. The van der Waals surface area contributed by atoms with Crippen molar-refractivity contribution in [3.05, 3.63) is 29.0 Å². The zero-order valence-corrected chi connectivity index (χ0v) is 12.0. The number of rotatable bonds is 3. The van der Waals surface area contributed by atoms with Crippen LogP contribution >= 0.6 is 23.4 Å². The van der Waals surface area contributed by atoms with Crippen molar-refractivity contribution in [3.8, 4) is 11.6 Å². The molecular weight excluding hydrogens is 284 g/mol. The number of hydrogen-bond acceptors (Lipinski definition) is 5. The van der Waals surface area contributed by atoms with Crippen LogP contribution < -0.4 is 0 Å². The second kappa shape index (κ2) is 4.86. The van der Waals surface area contributed by atoms with Gasteiger partial charge in [0, 0.05) is 6.20 Å². The number of aryl methyl sites for hydroxylation is 1. The molecule has 5 nitrogen and oxygen atoms in total. The maximum atomic E-state index is 6.02. The van der Waals surface area contributed by atoms with Crippen LogP contribution in [0.1, 0.15) is 12.6 Å². The van der Waals surface area contributed by atoms with Crippen LogP contribution in [-0.2, 0) is 0 Å². The van der Waals surface area contributed by atoms with Crippen molar-refractivity contribution in [2.45, 2.75) is 19.1 Å². The van der Waals surface area contributed by atoms with E-state index >= 15 is 0 Å². The lowest BCUT2D eigenvalue weighted by Gasteiger charge is -1.98. The molecule has 0 bridgehead atoms. The van der Waals surface area contributed by atoms with Gasteiger partial charge >= 0.3 is 0 Å². The van der Waals surface area contributed by atoms with Crippen LogP contribution in [0.4, 0.5) is 0 Å². The fourth-order valence-corrected chi connectivity index (χ4v) is 2.53. The Hall–Kier alpha value is -1.53. The molecule has 0 saturated carbocycles. The molecule has 3 aromatic heterocycles. The van der Waals surface area contributed by atoms with Gasteiger partial charge in [0.25, 0.3) is 11.1 Å². The van der Waals surface area contributed by atoms with Gasteiger partial charge in [-0.05, 0) is 24.8 Å². The highest BCUT2D eigenvalue weighted by Crippen LogP contribution is 2.27. The number of aromatic nitrogens is 4. The van der Waals surface area contributed by atoms with Crippen LogP contribution in [0.2, 0.25) is 5.02 Å². The van der Waals surface area contributed by atoms with Crippen molar-refractivity contribution in [3.63, 3.8) is 0 Å². The van der Waals surface area contributed by atoms with Gasteiger partial charge in [-0.2, -0.15) is 0 Å². The third-order valence-electron chi connectivity index (χ3n) is 2.63. The Balaban J connectivity index is 2.17. The predicted octanol–water partition coefficient (Wildman–Crippen LogP) is 3.46. The van der Waals surface area contributed by atoms with Crippen LogP contribution in [-0.4, -0.2) is 25.3 Å². The zero-order chi connectivity index (χ0) is 13.4. The van der Waals surface area contributed by atoms with E-state index in [-0.39, 0.29) is 0 Å². The topological polar surface area (TPSA) is 56.2 Å². The van der Waals surface area contributed by atoms with Crippen molar-refractivity contribution >= 4 is 29.0 Å². The first-order valence-electron chi connectivity index (χ1n) is 5.80. The van der Waals surface area contributed by atoms with Gasteiger partial charge < -0.3 is 4.42 Å². The molecule has 0 fully saturated rings. The second-order valence-electron chi connectivity index (χ2n) is 3.93. The van der Waals surface area contributed by atoms with E-state index in [4.69, 9.17) is 16.0 Å². The third kappa shape index (κ3) is 2.21. The fourth-order valence-electron chi connectivity index (χ4n) is 1.88. The van der Waals surface area contributed by atoms with E-state index in [9.17, 15) is 0 Å². The summed E-state index contributed by atoms with van der Waals surface area (Å²) in [6.07, 6.45) is 1.79. The summed E-state index contributed by atoms with van der Waals surface area (Å²) in [5.74, 6) is 1.35. The average molecular weight is 295 g/mol. The van der Waals surface area contributed by atoms with Crippen molar-refractivity contribution in [2.75, 3.05) is 5.75 Å². The highest BCUT2D eigenvalue weighted by atomic mass is 35.5. The molecule has 0 N–H and O–H groups in total. The van der Waals surface area contributed by atoms with Crippen molar-refractivity contribution in [1.82, 2.24) is 19.6 Å². The van der Waals surface area contributed by atoms with Crippen LogP contribution in [0.15, 0.2) is 28.0 Å². The number of thioether (sulfide) groups is 1.